The molecule has 1 unspecified atom stereocenters. The number of hydrogen-bond donors (Lipinski definition) is 2. The van der Waals surface area contributed by atoms with E-state index >= 15 is 0 Å². The Hall–Kier alpha value is -2.50. The number of halogens is 3. The van der Waals surface area contributed by atoms with E-state index in [9.17, 15) is 14.3 Å². The van der Waals surface area contributed by atoms with E-state index in [4.69, 9.17) is 23.2 Å². The first kappa shape index (κ1) is 21.2. The van der Waals surface area contributed by atoms with E-state index in [0.717, 1.165) is 11.1 Å². The zero-order valence-electron chi connectivity index (χ0n) is 16.2. The number of hydrogen-bond acceptors (Lipinski definition) is 2. The molecule has 0 saturated carbocycles. The summed E-state index contributed by atoms with van der Waals surface area (Å²) in [6.45, 7) is 5.80. The molecule has 7 heteroatoms. The van der Waals surface area contributed by atoms with Gasteiger partial charge in [-0.1, -0.05) is 35.3 Å². The third-order valence-electron chi connectivity index (χ3n) is 4.81. The van der Waals surface area contributed by atoms with Crippen LogP contribution in [0.5, 0.6) is 0 Å². The first-order valence-electron chi connectivity index (χ1n) is 9.11. The van der Waals surface area contributed by atoms with Crippen molar-refractivity contribution in [3.8, 4) is 0 Å². The standard InChI is InChI=1S/C22H21Cl2FN2O2/c1-12(2)27-10-9-16(22(28)29)21(27)20(15-8-7-14(23)11-13(15)3)26-18-6-4-5-17(24)19(18)25/h4-12,20,26H,1-3H3,(H,28,29). The molecule has 0 aliphatic carbocycles. The Bertz CT molecular complexity index is 1060. The Kier molecular flexibility index (Phi) is 6.20. The fourth-order valence-corrected chi connectivity index (χ4v) is 3.82. The average Bonchev–Trinajstić information content (AvgIpc) is 3.09. The number of carbonyl (C=O) groups is 1. The monoisotopic (exact) mass is 434 g/mol. The summed E-state index contributed by atoms with van der Waals surface area (Å²) in [6, 6.07) is 10.9. The van der Waals surface area contributed by atoms with Gasteiger partial charge in [-0.15, -0.1) is 0 Å². The Balaban J connectivity index is 2.25. The SMILES string of the molecule is Cc1cc(Cl)ccc1C(Nc1cccc(Cl)c1F)c1c(C(=O)O)ccn1C(C)C. The van der Waals surface area contributed by atoms with Crippen LogP contribution in [0.15, 0.2) is 48.7 Å². The zero-order chi connectivity index (χ0) is 21.3. The normalized spacial score (nSPS) is 12.2. The summed E-state index contributed by atoms with van der Waals surface area (Å²) in [5.41, 5.74) is 2.50. The van der Waals surface area contributed by atoms with E-state index in [1.54, 1.807) is 36.5 Å². The van der Waals surface area contributed by atoms with Crippen molar-refractivity contribution in [3.63, 3.8) is 0 Å². The second-order valence-corrected chi connectivity index (χ2v) is 7.94. The molecule has 0 fully saturated rings. The van der Waals surface area contributed by atoms with Gasteiger partial charge in [-0.3, -0.25) is 0 Å². The number of anilines is 1. The predicted octanol–water partition coefficient (Wildman–Crippen LogP) is 6.72. The maximum Gasteiger partial charge on any atom is 0.337 e. The third kappa shape index (κ3) is 4.26. The maximum absolute atomic E-state index is 14.7. The molecule has 29 heavy (non-hydrogen) atoms. The highest BCUT2D eigenvalue weighted by Gasteiger charge is 2.28. The van der Waals surface area contributed by atoms with Gasteiger partial charge in [0.2, 0.25) is 0 Å². The summed E-state index contributed by atoms with van der Waals surface area (Å²) in [5.74, 6) is -1.64. The maximum atomic E-state index is 14.7. The van der Waals surface area contributed by atoms with Crippen LogP contribution in [0.4, 0.5) is 10.1 Å². The van der Waals surface area contributed by atoms with Gasteiger partial charge in [-0.2, -0.15) is 0 Å². The van der Waals surface area contributed by atoms with Crippen molar-refractivity contribution < 1.29 is 14.3 Å². The molecule has 0 bridgehead atoms. The fourth-order valence-electron chi connectivity index (χ4n) is 3.42. The molecule has 1 heterocycles. The van der Waals surface area contributed by atoms with E-state index in [1.165, 1.54) is 6.07 Å². The highest BCUT2D eigenvalue weighted by Crippen LogP contribution is 2.35. The van der Waals surface area contributed by atoms with Gasteiger partial charge < -0.3 is 15.0 Å². The quantitative estimate of drug-likeness (QED) is 0.452. The van der Waals surface area contributed by atoms with Gasteiger partial charge in [0.25, 0.3) is 0 Å². The van der Waals surface area contributed by atoms with Crippen molar-refractivity contribution in [1.82, 2.24) is 4.57 Å². The van der Waals surface area contributed by atoms with Crippen LogP contribution in [0.25, 0.3) is 0 Å². The Morgan fingerprint density at radius 2 is 1.90 bits per heavy atom. The Labute approximate surface area is 178 Å². The van der Waals surface area contributed by atoms with E-state index in [0.29, 0.717) is 10.7 Å². The van der Waals surface area contributed by atoms with Crippen LogP contribution < -0.4 is 5.32 Å². The lowest BCUT2D eigenvalue weighted by atomic mass is 9.95. The molecule has 0 aliphatic rings. The van der Waals surface area contributed by atoms with Gasteiger partial charge in [0.15, 0.2) is 5.82 Å². The van der Waals surface area contributed by atoms with Crippen LogP contribution in [0.2, 0.25) is 10.0 Å². The van der Waals surface area contributed by atoms with Crippen molar-refractivity contribution >= 4 is 34.9 Å². The fraction of sp³-hybridized carbons (Fsp3) is 0.227. The van der Waals surface area contributed by atoms with Crippen LogP contribution in [-0.2, 0) is 0 Å². The number of nitrogens with one attached hydrogen (secondary N) is 1. The highest BCUT2D eigenvalue weighted by molar-refractivity contribution is 6.31. The molecule has 2 aromatic carbocycles. The van der Waals surface area contributed by atoms with E-state index in [2.05, 4.69) is 5.32 Å². The van der Waals surface area contributed by atoms with Crippen LogP contribution in [0, 0.1) is 12.7 Å². The predicted molar refractivity (Wildman–Crippen MR) is 115 cm³/mol. The second-order valence-electron chi connectivity index (χ2n) is 7.10. The lowest BCUT2D eigenvalue weighted by Gasteiger charge is -2.27. The van der Waals surface area contributed by atoms with Crippen molar-refractivity contribution in [1.29, 1.82) is 0 Å². The number of aromatic nitrogens is 1. The van der Waals surface area contributed by atoms with Crippen molar-refractivity contribution in [2.24, 2.45) is 0 Å². The van der Waals surface area contributed by atoms with Crippen molar-refractivity contribution in [2.75, 3.05) is 5.32 Å². The number of aromatic carboxylic acids is 1. The van der Waals surface area contributed by atoms with Crippen LogP contribution in [-0.4, -0.2) is 15.6 Å². The van der Waals surface area contributed by atoms with Crippen LogP contribution in [0.1, 0.15) is 53.1 Å². The lowest BCUT2D eigenvalue weighted by Crippen LogP contribution is -2.22. The van der Waals surface area contributed by atoms with E-state index in [-0.39, 0.29) is 22.3 Å². The molecule has 0 saturated heterocycles. The van der Waals surface area contributed by atoms with Gasteiger partial charge in [-0.05, 0) is 62.2 Å². The molecule has 0 spiro atoms. The van der Waals surface area contributed by atoms with Gasteiger partial charge in [0.1, 0.15) is 0 Å². The minimum atomic E-state index is -1.05. The minimum Gasteiger partial charge on any atom is -0.478 e. The Morgan fingerprint density at radius 1 is 1.17 bits per heavy atom. The molecular formula is C22H21Cl2FN2O2. The summed E-state index contributed by atoms with van der Waals surface area (Å²) < 4.78 is 16.5. The number of aryl methyl sites for hydroxylation is 1. The van der Waals surface area contributed by atoms with Crippen LogP contribution in [0.3, 0.4) is 0 Å². The number of benzene rings is 2. The molecule has 1 atom stereocenters. The summed E-state index contributed by atoms with van der Waals surface area (Å²) in [5, 5.41) is 13.5. The first-order valence-corrected chi connectivity index (χ1v) is 9.87. The highest BCUT2D eigenvalue weighted by atomic mass is 35.5. The van der Waals surface area contributed by atoms with Crippen LogP contribution >= 0.6 is 23.2 Å². The molecule has 0 amide bonds. The van der Waals surface area contributed by atoms with Gasteiger partial charge in [-0.25, -0.2) is 9.18 Å². The number of rotatable bonds is 6. The molecule has 1 aromatic heterocycles. The molecule has 2 N–H and O–H groups in total. The molecule has 3 rings (SSSR count). The lowest BCUT2D eigenvalue weighted by molar-refractivity contribution is 0.0695. The Morgan fingerprint density at radius 3 is 2.52 bits per heavy atom. The molecule has 3 aromatic rings. The van der Waals surface area contributed by atoms with Crippen molar-refractivity contribution in [3.05, 3.63) is 86.9 Å². The topological polar surface area (TPSA) is 54.3 Å². The third-order valence-corrected chi connectivity index (χ3v) is 5.34. The van der Waals surface area contributed by atoms with E-state index in [1.807, 2.05) is 31.4 Å². The second kappa shape index (κ2) is 8.47. The summed E-state index contributed by atoms with van der Waals surface area (Å²) in [7, 11) is 0. The number of carboxylic acid groups (broad SMARTS) is 1. The van der Waals surface area contributed by atoms with Crippen molar-refractivity contribution in [2.45, 2.75) is 32.9 Å². The average molecular weight is 435 g/mol. The van der Waals surface area contributed by atoms with Gasteiger partial charge >= 0.3 is 5.97 Å². The zero-order valence-corrected chi connectivity index (χ0v) is 17.7. The summed E-state index contributed by atoms with van der Waals surface area (Å²) in [6.07, 6.45) is 1.73. The molecule has 0 radical (unpaired) electrons. The molecular weight excluding hydrogens is 414 g/mol. The first-order chi connectivity index (χ1) is 13.7. The minimum absolute atomic E-state index is 0.000727. The van der Waals surface area contributed by atoms with Gasteiger partial charge in [0.05, 0.1) is 28.0 Å². The molecule has 4 nitrogen and oxygen atoms in total. The molecule has 152 valence electrons. The smallest absolute Gasteiger partial charge is 0.337 e. The largest absolute Gasteiger partial charge is 0.478 e. The number of carboxylic acids is 1. The molecule has 0 aliphatic heterocycles. The van der Waals surface area contributed by atoms with Gasteiger partial charge in [0, 0.05) is 17.3 Å². The summed E-state index contributed by atoms with van der Waals surface area (Å²) >= 11 is 12.1. The summed E-state index contributed by atoms with van der Waals surface area (Å²) in [4.78, 5) is 11.9. The van der Waals surface area contributed by atoms with E-state index < -0.39 is 17.8 Å². The number of nitrogens with zero attached hydrogens (tertiary/aromatic N) is 1.